The van der Waals surface area contributed by atoms with Gasteiger partial charge in [-0.2, -0.15) is 5.10 Å². The highest BCUT2D eigenvalue weighted by atomic mass is 127. The molecular formula is C10H14IN3O. The van der Waals surface area contributed by atoms with Crippen LogP contribution in [0.3, 0.4) is 0 Å². The molecule has 4 nitrogen and oxygen atoms in total. The van der Waals surface area contributed by atoms with Gasteiger partial charge >= 0.3 is 0 Å². The van der Waals surface area contributed by atoms with Gasteiger partial charge in [0.15, 0.2) is 0 Å². The Bertz CT molecular complexity index is 395. The summed E-state index contributed by atoms with van der Waals surface area (Å²) in [6.45, 7) is 2.97. The lowest BCUT2D eigenvalue weighted by molar-refractivity contribution is 0.0945. The Morgan fingerprint density at radius 2 is 2.40 bits per heavy atom. The molecule has 2 rings (SSSR count). The number of aromatic nitrogens is 2. The average molecular weight is 319 g/mol. The zero-order valence-corrected chi connectivity index (χ0v) is 11.0. The van der Waals surface area contributed by atoms with Crippen LogP contribution < -0.4 is 5.32 Å². The maximum absolute atomic E-state index is 11.8. The predicted octanol–water partition coefficient (Wildman–Crippen LogP) is 1.55. The van der Waals surface area contributed by atoms with Crippen LogP contribution >= 0.6 is 22.6 Å². The zero-order valence-electron chi connectivity index (χ0n) is 8.88. The molecule has 82 valence electrons. The Labute approximate surface area is 103 Å². The molecule has 0 radical (unpaired) electrons. The molecule has 1 aliphatic carbocycles. The fourth-order valence-corrected chi connectivity index (χ4v) is 1.86. The van der Waals surface area contributed by atoms with Crippen molar-refractivity contribution < 1.29 is 4.79 Å². The van der Waals surface area contributed by atoms with E-state index in [0.29, 0.717) is 11.0 Å². The molecule has 0 unspecified atom stereocenters. The van der Waals surface area contributed by atoms with E-state index in [4.69, 9.17) is 0 Å². The molecule has 1 aromatic heterocycles. The number of rotatable bonds is 3. The van der Waals surface area contributed by atoms with Gasteiger partial charge in [0.2, 0.25) is 0 Å². The van der Waals surface area contributed by atoms with E-state index >= 15 is 0 Å². The number of halogens is 1. The standard InChI is InChI=1S/C10H14IN3O/c1-10(3-4-10)6-12-9(15)7-5-13-14(2)8(7)11/h5H,3-4,6H2,1-2H3,(H,12,15). The summed E-state index contributed by atoms with van der Waals surface area (Å²) in [5, 5.41) is 7.00. The van der Waals surface area contributed by atoms with E-state index < -0.39 is 0 Å². The van der Waals surface area contributed by atoms with Crippen LogP contribution in [-0.4, -0.2) is 22.2 Å². The van der Waals surface area contributed by atoms with Crippen LogP contribution in [0.1, 0.15) is 30.1 Å². The highest BCUT2D eigenvalue weighted by molar-refractivity contribution is 14.1. The van der Waals surface area contributed by atoms with Gasteiger partial charge in [-0.05, 0) is 40.8 Å². The van der Waals surface area contributed by atoms with Crippen molar-refractivity contribution in [2.75, 3.05) is 6.54 Å². The first-order chi connectivity index (χ1) is 7.02. The second kappa shape index (κ2) is 3.77. The van der Waals surface area contributed by atoms with E-state index in [9.17, 15) is 4.79 Å². The van der Waals surface area contributed by atoms with E-state index in [1.807, 2.05) is 7.05 Å². The first kappa shape index (κ1) is 10.9. The van der Waals surface area contributed by atoms with Gasteiger partial charge in [0, 0.05) is 13.6 Å². The molecule has 5 heteroatoms. The Balaban J connectivity index is 1.98. The molecule has 1 N–H and O–H groups in total. The number of aryl methyl sites for hydroxylation is 1. The lowest BCUT2D eigenvalue weighted by Crippen LogP contribution is -2.29. The highest BCUT2D eigenvalue weighted by Gasteiger charge is 2.37. The molecule has 0 spiro atoms. The second-order valence-corrected chi connectivity index (χ2v) is 5.49. The third-order valence-corrected chi connectivity index (χ3v) is 4.17. The topological polar surface area (TPSA) is 46.9 Å². The first-order valence-electron chi connectivity index (χ1n) is 4.98. The summed E-state index contributed by atoms with van der Waals surface area (Å²) in [5.74, 6) is -0.0133. The summed E-state index contributed by atoms with van der Waals surface area (Å²) in [7, 11) is 1.83. The number of nitrogens with one attached hydrogen (secondary N) is 1. The summed E-state index contributed by atoms with van der Waals surface area (Å²) in [6.07, 6.45) is 4.06. The number of carbonyl (C=O) groups excluding carboxylic acids is 1. The maximum Gasteiger partial charge on any atom is 0.255 e. The van der Waals surface area contributed by atoms with Crippen LogP contribution in [0.4, 0.5) is 0 Å². The van der Waals surface area contributed by atoms with E-state index in [-0.39, 0.29) is 5.91 Å². The van der Waals surface area contributed by atoms with Gasteiger partial charge < -0.3 is 5.32 Å². The third kappa shape index (κ3) is 2.32. The molecule has 1 heterocycles. The molecule has 1 aliphatic rings. The van der Waals surface area contributed by atoms with E-state index in [1.165, 1.54) is 12.8 Å². The van der Waals surface area contributed by atoms with Crippen molar-refractivity contribution in [2.45, 2.75) is 19.8 Å². The molecular weight excluding hydrogens is 305 g/mol. The highest BCUT2D eigenvalue weighted by Crippen LogP contribution is 2.44. The summed E-state index contributed by atoms with van der Waals surface area (Å²) >= 11 is 2.13. The predicted molar refractivity (Wildman–Crippen MR) is 65.6 cm³/mol. The van der Waals surface area contributed by atoms with Crippen molar-refractivity contribution in [3.05, 3.63) is 15.5 Å². The summed E-state index contributed by atoms with van der Waals surface area (Å²) in [6, 6.07) is 0. The molecule has 1 fully saturated rings. The van der Waals surface area contributed by atoms with Gasteiger partial charge in [-0.25, -0.2) is 0 Å². The third-order valence-electron chi connectivity index (χ3n) is 2.89. The minimum absolute atomic E-state index is 0.0133. The Hall–Kier alpha value is -0.590. The van der Waals surface area contributed by atoms with E-state index in [1.54, 1.807) is 10.9 Å². The fraction of sp³-hybridized carbons (Fsp3) is 0.600. The van der Waals surface area contributed by atoms with Crippen molar-refractivity contribution in [2.24, 2.45) is 12.5 Å². The molecule has 1 amide bonds. The molecule has 1 saturated carbocycles. The molecule has 0 bridgehead atoms. The smallest absolute Gasteiger partial charge is 0.255 e. The number of hydrogen-bond donors (Lipinski definition) is 1. The van der Waals surface area contributed by atoms with Gasteiger partial charge in [-0.15, -0.1) is 0 Å². The Morgan fingerprint density at radius 3 is 2.87 bits per heavy atom. The van der Waals surface area contributed by atoms with Crippen LogP contribution in [0.15, 0.2) is 6.20 Å². The summed E-state index contributed by atoms with van der Waals surface area (Å²) in [5.41, 5.74) is 1.02. The minimum Gasteiger partial charge on any atom is -0.351 e. The quantitative estimate of drug-likeness (QED) is 0.860. The Kier molecular flexibility index (Phi) is 2.74. The van der Waals surface area contributed by atoms with Gasteiger partial charge in [-0.3, -0.25) is 9.48 Å². The number of amides is 1. The lowest BCUT2D eigenvalue weighted by Gasteiger charge is -2.09. The summed E-state index contributed by atoms with van der Waals surface area (Å²) in [4.78, 5) is 11.8. The van der Waals surface area contributed by atoms with Crippen LogP contribution in [0, 0.1) is 9.12 Å². The lowest BCUT2D eigenvalue weighted by atomic mass is 10.1. The van der Waals surface area contributed by atoms with Crippen LogP contribution in [0.25, 0.3) is 0 Å². The monoisotopic (exact) mass is 319 g/mol. The van der Waals surface area contributed by atoms with Crippen LogP contribution in [0.5, 0.6) is 0 Å². The van der Waals surface area contributed by atoms with E-state index in [2.05, 4.69) is 39.9 Å². The first-order valence-corrected chi connectivity index (χ1v) is 6.05. The Morgan fingerprint density at radius 1 is 1.73 bits per heavy atom. The van der Waals surface area contributed by atoms with Crippen molar-refractivity contribution in [1.82, 2.24) is 15.1 Å². The van der Waals surface area contributed by atoms with Crippen LogP contribution in [-0.2, 0) is 7.05 Å². The average Bonchev–Trinajstić information content (AvgIpc) is 2.85. The number of carbonyl (C=O) groups is 1. The largest absolute Gasteiger partial charge is 0.351 e. The van der Waals surface area contributed by atoms with Crippen molar-refractivity contribution in [1.29, 1.82) is 0 Å². The van der Waals surface area contributed by atoms with Gasteiger partial charge in [-0.1, -0.05) is 6.92 Å². The molecule has 0 atom stereocenters. The van der Waals surface area contributed by atoms with Gasteiger partial charge in [0.25, 0.3) is 5.91 Å². The van der Waals surface area contributed by atoms with Crippen molar-refractivity contribution in [3.63, 3.8) is 0 Å². The zero-order chi connectivity index (χ0) is 11.1. The molecule has 0 aliphatic heterocycles. The van der Waals surface area contributed by atoms with Crippen molar-refractivity contribution in [3.8, 4) is 0 Å². The number of hydrogen-bond acceptors (Lipinski definition) is 2. The molecule has 15 heavy (non-hydrogen) atoms. The van der Waals surface area contributed by atoms with Gasteiger partial charge in [0.1, 0.15) is 3.70 Å². The minimum atomic E-state index is -0.0133. The SMILES string of the molecule is Cn1ncc(C(=O)NCC2(C)CC2)c1I. The number of nitrogens with zero attached hydrogens (tertiary/aromatic N) is 2. The van der Waals surface area contributed by atoms with Crippen molar-refractivity contribution >= 4 is 28.5 Å². The maximum atomic E-state index is 11.8. The van der Waals surface area contributed by atoms with E-state index in [0.717, 1.165) is 10.2 Å². The normalized spacial score (nSPS) is 17.5. The second-order valence-electron chi connectivity index (χ2n) is 4.47. The van der Waals surface area contributed by atoms with Crippen LogP contribution in [0.2, 0.25) is 0 Å². The molecule has 0 saturated heterocycles. The summed E-state index contributed by atoms with van der Waals surface area (Å²) < 4.78 is 2.58. The molecule has 0 aromatic carbocycles. The molecule has 1 aromatic rings. The fourth-order valence-electron chi connectivity index (χ4n) is 1.35. The van der Waals surface area contributed by atoms with Gasteiger partial charge in [0.05, 0.1) is 11.8 Å².